The van der Waals surface area contributed by atoms with E-state index in [-0.39, 0.29) is 29.5 Å². The number of hydrogen-bond acceptors (Lipinski definition) is 5. The van der Waals surface area contributed by atoms with E-state index in [1.165, 1.54) is 4.90 Å². The summed E-state index contributed by atoms with van der Waals surface area (Å²) in [5, 5.41) is 3.18. The van der Waals surface area contributed by atoms with E-state index in [1.54, 1.807) is 0 Å². The normalized spacial score (nSPS) is 14.0. The van der Waals surface area contributed by atoms with Crippen LogP contribution in [0.3, 0.4) is 0 Å². The molecule has 6 heteroatoms. The van der Waals surface area contributed by atoms with Crippen molar-refractivity contribution >= 4 is 23.1 Å². The van der Waals surface area contributed by atoms with E-state index in [2.05, 4.69) is 5.32 Å². The summed E-state index contributed by atoms with van der Waals surface area (Å²) in [5.74, 6) is 1.06. The number of ether oxygens (including phenoxy) is 2. The third kappa shape index (κ3) is 5.49. The van der Waals surface area contributed by atoms with Crippen molar-refractivity contribution in [1.29, 1.82) is 0 Å². The van der Waals surface area contributed by atoms with Crippen molar-refractivity contribution in [3.05, 3.63) is 59.8 Å². The summed E-state index contributed by atoms with van der Waals surface area (Å²) in [5.41, 5.74) is 2.06. The number of benzene rings is 2. The fraction of sp³-hybridized carbons (Fsp3) is 0.385. The Morgan fingerprint density at radius 3 is 2.06 bits per heavy atom. The first-order chi connectivity index (χ1) is 15.3. The minimum Gasteiger partial charge on any atom is -0.494 e. The Kier molecular flexibility index (Phi) is 7.57. The number of nitrogens with zero attached hydrogens (tertiary/aromatic N) is 1. The number of imide groups is 1. The Morgan fingerprint density at radius 2 is 1.50 bits per heavy atom. The topological polar surface area (TPSA) is 67.9 Å². The summed E-state index contributed by atoms with van der Waals surface area (Å²) in [4.78, 5) is 27.8. The van der Waals surface area contributed by atoms with Crippen LogP contribution in [-0.4, -0.2) is 36.0 Å². The summed E-state index contributed by atoms with van der Waals surface area (Å²) in [6, 6.07) is 14.7. The van der Waals surface area contributed by atoms with Gasteiger partial charge in [0.15, 0.2) is 0 Å². The molecule has 0 aliphatic carbocycles. The van der Waals surface area contributed by atoms with Gasteiger partial charge in [-0.3, -0.25) is 14.5 Å². The lowest BCUT2D eigenvalue weighted by atomic mass is 10.0. The number of amides is 2. The van der Waals surface area contributed by atoms with Gasteiger partial charge in [0.25, 0.3) is 11.8 Å². The number of anilines is 1. The Bertz CT molecular complexity index is 976. The fourth-order valence-electron chi connectivity index (χ4n) is 3.46. The van der Waals surface area contributed by atoms with Crippen LogP contribution in [0.5, 0.6) is 11.5 Å². The maximum Gasteiger partial charge on any atom is 0.278 e. The summed E-state index contributed by atoms with van der Waals surface area (Å²) < 4.78 is 11.3. The first-order valence-corrected chi connectivity index (χ1v) is 11.2. The minimum absolute atomic E-state index is 0.0750. The van der Waals surface area contributed by atoms with Gasteiger partial charge < -0.3 is 14.8 Å². The van der Waals surface area contributed by atoms with Crippen molar-refractivity contribution in [3.8, 4) is 11.5 Å². The predicted molar refractivity (Wildman–Crippen MR) is 127 cm³/mol. The summed E-state index contributed by atoms with van der Waals surface area (Å²) in [6.07, 6.45) is 0.991. The maximum absolute atomic E-state index is 13.2. The van der Waals surface area contributed by atoms with Crippen molar-refractivity contribution in [2.45, 2.75) is 47.1 Å². The van der Waals surface area contributed by atoms with Crippen LogP contribution in [0.15, 0.2) is 54.2 Å². The molecular weight excluding hydrogens is 404 g/mol. The summed E-state index contributed by atoms with van der Waals surface area (Å²) >= 11 is 0. The average molecular weight is 437 g/mol. The number of rotatable bonds is 10. The van der Waals surface area contributed by atoms with Crippen LogP contribution in [0.4, 0.5) is 5.69 Å². The van der Waals surface area contributed by atoms with Gasteiger partial charge in [-0.15, -0.1) is 0 Å². The van der Waals surface area contributed by atoms with Crippen LogP contribution in [-0.2, 0) is 9.59 Å². The summed E-state index contributed by atoms with van der Waals surface area (Å²) in [6.45, 7) is 10.9. The molecular formula is C26H32N2O4. The molecule has 0 unspecified atom stereocenters. The predicted octanol–water partition coefficient (Wildman–Crippen LogP) is 5.11. The molecule has 0 bridgehead atoms. The molecule has 1 heterocycles. The van der Waals surface area contributed by atoms with E-state index in [9.17, 15) is 9.59 Å². The largest absolute Gasteiger partial charge is 0.494 e. The van der Waals surface area contributed by atoms with Crippen LogP contribution in [0.1, 0.15) is 46.6 Å². The molecule has 1 aliphatic heterocycles. The highest BCUT2D eigenvalue weighted by atomic mass is 16.5. The number of carbonyl (C=O) groups is 2. The number of nitrogens with one attached hydrogen (secondary N) is 1. The fourth-order valence-corrected chi connectivity index (χ4v) is 3.46. The first kappa shape index (κ1) is 23.4. The SMILES string of the molecule is CCCOc1ccc(C2=C(Nc3ccc(OC(C)C)cc3)C(=O)N(CC(C)C)C2=O)cc1. The molecule has 0 atom stereocenters. The molecule has 32 heavy (non-hydrogen) atoms. The molecule has 2 amide bonds. The lowest BCUT2D eigenvalue weighted by Crippen LogP contribution is -2.35. The van der Waals surface area contributed by atoms with E-state index >= 15 is 0 Å². The molecule has 0 aromatic heterocycles. The zero-order valence-electron chi connectivity index (χ0n) is 19.5. The molecule has 6 nitrogen and oxygen atoms in total. The maximum atomic E-state index is 13.2. The Morgan fingerprint density at radius 1 is 0.875 bits per heavy atom. The highest BCUT2D eigenvalue weighted by Crippen LogP contribution is 2.32. The second kappa shape index (κ2) is 10.4. The highest BCUT2D eigenvalue weighted by molar-refractivity contribution is 6.36. The second-order valence-electron chi connectivity index (χ2n) is 8.55. The van der Waals surface area contributed by atoms with Crippen molar-refractivity contribution in [1.82, 2.24) is 4.90 Å². The lowest BCUT2D eigenvalue weighted by molar-refractivity contribution is -0.137. The summed E-state index contributed by atoms with van der Waals surface area (Å²) in [7, 11) is 0. The minimum atomic E-state index is -0.312. The molecule has 0 spiro atoms. The van der Waals surface area contributed by atoms with Crippen LogP contribution >= 0.6 is 0 Å². The van der Waals surface area contributed by atoms with E-state index in [0.29, 0.717) is 30.0 Å². The van der Waals surface area contributed by atoms with Gasteiger partial charge in [-0.05, 0) is 68.1 Å². The molecule has 1 N–H and O–H groups in total. The van der Waals surface area contributed by atoms with Crippen LogP contribution in [0.2, 0.25) is 0 Å². The molecule has 0 saturated heterocycles. The Balaban J connectivity index is 1.93. The van der Waals surface area contributed by atoms with Crippen molar-refractivity contribution < 1.29 is 19.1 Å². The molecule has 0 radical (unpaired) electrons. The Hall–Kier alpha value is -3.28. The van der Waals surface area contributed by atoms with Gasteiger partial charge in [-0.2, -0.15) is 0 Å². The van der Waals surface area contributed by atoms with Gasteiger partial charge >= 0.3 is 0 Å². The van der Waals surface area contributed by atoms with E-state index in [0.717, 1.165) is 17.9 Å². The molecule has 3 rings (SSSR count). The molecule has 2 aromatic carbocycles. The van der Waals surface area contributed by atoms with Gasteiger partial charge in [0.2, 0.25) is 0 Å². The lowest BCUT2D eigenvalue weighted by Gasteiger charge is -2.17. The smallest absolute Gasteiger partial charge is 0.278 e. The van der Waals surface area contributed by atoms with E-state index in [1.807, 2.05) is 83.1 Å². The van der Waals surface area contributed by atoms with Gasteiger partial charge in [0, 0.05) is 12.2 Å². The number of carbonyl (C=O) groups excluding carboxylic acids is 2. The zero-order valence-corrected chi connectivity index (χ0v) is 19.5. The van der Waals surface area contributed by atoms with Gasteiger partial charge in [0.1, 0.15) is 17.2 Å². The Labute approximate surface area is 190 Å². The third-order valence-corrected chi connectivity index (χ3v) is 4.83. The van der Waals surface area contributed by atoms with E-state index in [4.69, 9.17) is 9.47 Å². The van der Waals surface area contributed by atoms with Gasteiger partial charge in [0.05, 0.1) is 18.3 Å². The quantitative estimate of drug-likeness (QED) is 0.524. The van der Waals surface area contributed by atoms with Gasteiger partial charge in [-0.25, -0.2) is 0 Å². The van der Waals surface area contributed by atoms with Crippen molar-refractivity contribution in [2.75, 3.05) is 18.5 Å². The van der Waals surface area contributed by atoms with E-state index < -0.39 is 0 Å². The number of hydrogen-bond donors (Lipinski definition) is 1. The van der Waals surface area contributed by atoms with Gasteiger partial charge in [-0.1, -0.05) is 32.9 Å². The second-order valence-corrected chi connectivity index (χ2v) is 8.55. The average Bonchev–Trinajstić information content (AvgIpc) is 2.97. The van der Waals surface area contributed by atoms with Crippen LogP contribution < -0.4 is 14.8 Å². The van der Waals surface area contributed by atoms with Crippen LogP contribution in [0.25, 0.3) is 5.57 Å². The third-order valence-electron chi connectivity index (χ3n) is 4.83. The van der Waals surface area contributed by atoms with Crippen LogP contribution in [0, 0.1) is 5.92 Å². The standard InChI is InChI=1S/C26H32N2O4/c1-6-15-31-21-11-7-19(8-12-21)23-24(26(30)28(25(23)29)16-17(2)3)27-20-9-13-22(14-10-20)32-18(4)5/h7-14,17-18,27H,6,15-16H2,1-5H3. The molecule has 2 aromatic rings. The molecule has 170 valence electrons. The highest BCUT2D eigenvalue weighted by Gasteiger charge is 2.39. The zero-order chi connectivity index (χ0) is 23.3. The molecule has 0 saturated carbocycles. The monoisotopic (exact) mass is 436 g/mol. The molecule has 1 aliphatic rings. The van der Waals surface area contributed by atoms with Crippen molar-refractivity contribution in [3.63, 3.8) is 0 Å². The van der Waals surface area contributed by atoms with Crippen molar-refractivity contribution in [2.24, 2.45) is 5.92 Å². The molecule has 0 fully saturated rings. The first-order valence-electron chi connectivity index (χ1n) is 11.2.